The third-order valence-corrected chi connectivity index (χ3v) is 2.10. The Morgan fingerprint density at radius 1 is 1.36 bits per heavy atom. The van der Waals surface area contributed by atoms with Crippen LogP contribution >= 0.6 is 0 Å². The zero-order valence-corrected chi connectivity index (χ0v) is 10.7. The SMILES string of the molecule is OC1C[C-]1CNC[C-]1CC1.[U+2]. The molecule has 0 aromatic rings. The number of aliphatic hydroxyl groups is 1. The molecule has 11 heavy (non-hydrogen) atoms. The van der Waals surface area contributed by atoms with E-state index in [0.717, 1.165) is 19.5 Å². The Labute approximate surface area is 91.5 Å². The van der Waals surface area contributed by atoms with Crippen LogP contribution in [0.2, 0.25) is 0 Å². The first-order chi connectivity index (χ1) is 4.86. The predicted molar refractivity (Wildman–Crippen MR) is 39.2 cm³/mol. The Morgan fingerprint density at radius 3 is 2.45 bits per heavy atom. The molecule has 0 radical (unpaired) electrons. The van der Waals surface area contributed by atoms with Gasteiger partial charge in [0.15, 0.2) is 0 Å². The van der Waals surface area contributed by atoms with Crippen LogP contribution in [-0.2, 0) is 0 Å². The molecule has 2 N–H and O–H groups in total. The maximum Gasteiger partial charge on any atom is 2.00 e. The third kappa shape index (κ3) is 3.46. The average Bonchev–Trinajstić information content (AvgIpc) is 2.73. The summed E-state index contributed by atoms with van der Waals surface area (Å²) < 4.78 is 0. The molecule has 0 aromatic carbocycles. The molecule has 0 bridgehead atoms. The monoisotopic (exact) mass is 377 g/mol. The van der Waals surface area contributed by atoms with Gasteiger partial charge in [0.2, 0.25) is 0 Å². The first-order valence-electron chi connectivity index (χ1n) is 3.93. The topological polar surface area (TPSA) is 32.3 Å². The molecule has 0 aliphatic heterocycles. The van der Waals surface area contributed by atoms with E-state index in [2.05, 4.69) is 5.32 Å². The Bertz CT molecular complexity index is 127. The summed E-state index contributed by atoms with van der Waals surface area (Å²) in [6.45, 7) is 2.01. The van der Waals surface area contributed by atoms with Gasteiger partial charge < -0.3 is 16.3 Å². The number of hydrogen-bond donors (Lipinski definition) is 2. The van der Waals surface area contributed by atoms with Crippen molar-refractivity contribution in [1.82, 2.24) is 5.32 Å². The van der Waals surface area contributed by atoms with Crippen molar-refractivity contribution in [2.45, 2.75) is 25.4 Å². The van der Waals surface area contributed by atoms with Gasteiger partial charge in [0.05, 0.1) is 0 Å². The van der Waals surface area contributed by atoms with E-state index < -0.39 is 0 Å². The number of hydrogen-bond acceptors (Lipinski definition) is 2. The van der Waals surface area contributed by atoms with Crippen molar-refractivity contribution >= 4 is 0 Å². The molecule has 2 fully saturated rings. The van der Waals surface area contributed by atoms with Crippen LogP contribution in [0.1, 0.15) is 19.3 Å². The van der Waals surface area contributed by atoms with Gasteiger partial charge in [0, 0.05) is 0 Å². The van der Waals surface area contributed by atoms with E-state index in [9.17, 15) is 0 Å². The van der Waals surface area contributed by atoms with Crippen molar-refractivity contribution in [1.29, 1.82) is 0 Å². The average molecular weight is 377 g/mol. The molecule has 2 aliphatic carbocycles. The summed E-state index contributed by atoms with van der Waals surface area (Å²) in [6, 6.07) is 0. The molecule has 2 aliphatic rings. The maximum atomic E-state index is 8.92. The summed E-state index contributed by atoms with van der Waals surface area (Å²) in [5.41, 5.74) is 0. The van der Waals surface area contributed by atoms with E-state index in [-0.39, 0.29) is 37.2 Å². The molecule has 0 amide bonds. The van der Waals surface area contributed by atoms with E-state index in [0.29, 0.717) is 0 Å². The second-order valence-corrected chi connectivity index (χ2v) is 3.23. The molecular formula is C8H13NOU. The molecule has 2 saturated carbocycles. The van der Waals surface area contributed by atoms with E-state index in [1.54, 1.807) is 5.92 Å². The van der Waals surface area contributed by atoms with Gasteiger partial charge >= 0.3 is 31.1 Å². The fraction of sp³-hybridized carbons (Fsp3) is 0.750. The molecule has 0 saturated heterocycles. The standard InChI is InChI=1S/C8H13NO.U/c10-8-3-7(8)5-9-4-6-1-2-6;/h8-10H,1-5H2;/q-2;+2. The first-order valence-corrected chi connectivity index (χ1v) is 3.93. The first kappa shape index (κ1) is 10.1. The summed E-state index contributed by atoms with van der Waals surface area (Å²) in [7, 11) is 0. The molecule has 0 spiro atoms. The minimum absolute atomic E-state index is 0. The smallest absolute Gasteiger partial charge is 0.427 e. The summed E-state index contributed by atoms with van der Waals surface area (Å²) in [5, 5.41) is 12.2. The van der Waals surface area contributed by atoms with Crippen LogP contribution in [0.5, 0.6) is 0 Å². The van der Waals surface area contributed by atoms with Gasteiger partial charge in [0.25, 0.3) is 0 Å². The Balaban J connectivity index is 0.000000605. The van der Waals surface area contributed by atoms with Crippen LogP contribution in [0.3, 0.4) is 0 Å². The summed E-state index contributed by atoms with van der Waals surface area (Å²) in [6.07, 6.45) is 3.51. The fourth-order valence-electron chi connectivity index (χ4n) is 1.04. The fourth-order valence-corrected chi connectivity index (χ4v) is 1.04. The molecule has 3 heteroatoms. The van der Waals surface area contributed by atoms with Crippen molar-refractivity contribution in [2.24, 2.45) is 0 Å². The van der Waals surface area contributed by atoms with Crippen LogP contribution < -0.4 is 5.32 Å². The normalized spacial score (nSPS) is 29.7. The van der Waals surface area contributed by atoms with Gasteiger partial charge in [-0.15, -0.1) is 13.1 Å². The second-order valence-electron chi connectivity index (χ2n) is 3.23. The Hall–Kier alpha value is 0.972. The van der Waals surface area contributed by atoms with E-state index in [1.807, 2.05) is 0 Å². The van der Waals surface area contributed by atoms with Crippen molar-refractivity contribution in [2.75, 3.05) is 13.1 Å². The minimum Gasteiger partial charge on any atom is -0.427 e. The predicted octanol–water partition coefficient (Wildman–Crippen LogP) is 0.283. The number of rotatable bonds is 4. The quantitative estimate of drug-likeness (QED) is 0.691. The maximum absolute atomic E-state index is 8.92. The number of nitrogens with one attached hydrogen (secondary N) is 1. The molecule has 1 unspecified atom stereocenters. The zero-order chi connectivity index (χ0) is 6.97. The van der Waals surface area contributed by atoms with Gasteiger partial charge in [-0.3, -0.25) is 5.92 Å². The molecule has 0 heterocycles. The van der Waals surface area contributed by atoms with Crippen LogP contribution in [0.25, 0.3) is 0 Å². The summed E-state index contributed by atoms with van der Waals surface area (Å²) in [4.78, 5) is 0. The third-order valence-electron chi connectivity index (χ3n) is 2.10. The van der Waals surface area contributed by atoms with Crippen LogP contribution in [0.4, 0.5) is 0 Å². The van der Waals surface area contributed by atoms with Gasteiger partial charge in [-0.2, -0.15) is 6.42 Å². The molecule has 0 aromatic heterocycles. The largest absolute Gasteiger partial charge is 2.00 e. The molecule has 60 valence electrons. The number of aliphatic hydroxyl groups excluding tert-OH is 1. The van der Waals surface area contributed by atoms with Gasteiger partial charge in [0.1, 0.15) is 0 Å². The van der Waals surface area contributed by atoms with Crippen LogP contribution in [0, 0.1) is 42.9 Å². The Kier molecular flexibility index (Phi) is 3.91. The van der Waals surface area contributed by atoms with Gasteiger partial charge in [-0.05, 0) is 0 Å². The van der Waals surface area contributed by atoms with Gasteiger partial charge in [-0.25, -0.2) is 12.8 Å². The Morgan fingerprint density at radius 2 is 2.00 bits per heavy atom. The molecule has 2 rings (SSSR count). The summed E-state index contributed by atoms with van der Waals surface area (Å²) >= 11 is 0. The van der Waals surface area contributed by atoms with Gasteiger partial charge in [-0.1, -0.05) is 6.10 Å². The zero-order valence-electron chi connectivity index (χ0n) is 6.56. The molecule has 1 atom stereocenters. The van der Waals surface area contributed by atoms with Crippen molar-refractivity contribution in [3.63, 3.8) is 0 Å². The van der Waals surface area contributed by atoms with E-state index in [1.165, 1.54) is 18.8 Å². The van der Waals surface area contributed by atoms with Crippen molar-refractivity contribution in [3.05, 3.63) is 11.8 Å². The van der Waals surface area contributed by atoms with Crippen molar-refractivity contribution < 1.29 is 36.2 Å². The molecular weight excluding hydrogens is 364 g/mol. The minimum atomic E-state index is -0.0725. The van der Waals surface area contributed by atoms with Crippen LogP contribution in [0.15, 0.2) is 0 Å². The van der Waals surface area contributed by atoms with Crippen molar-refractivity contribution in [3.8, 4) is 0 Å². The molecule has 2 nitrogen and oxygen atoms in total. The summed E-state index contributed by atoms with van der Waals surface area (Å²) in [5.74, 6) is 2.91. The second kappa shape index (κ2) is 4.28. The van der Waals surface area contributed by atoms with E-state index in [4.69, 9.17) is 5.11 Å². The van der Waals surface area contributed by atoms with Crippen LogP contribution in [-0.4, -0.2) is 24.3 Å². The van der Waals surface area contributed by atoms with E-state index >= 15 is 0 Å².